The molecule has 2 aliphatic rings. The van der Waals surface area contributed by atoms with E-state index in [4.69, 9.17) is 16.3 Å². The molecule has 0 saturated heterocycles. The first-order valence-electron chi connectivity index (χ1n) is 13.2. The number of hydrogen-bond donors (Lipinski definition) is 4. The molecule has 40 heavy (non-hydrogen) atoms. The molecule has 9 nitrogen and oxygen atoms in total. The van der Waals surface area contributed by atoms with Crippen LogP contribution < -0.4 is 21.6 Å². The summed E-state index contributed by atoms with van der Waals surface area (Å²) in [6, 6.07) is 15.4. The number of hydrazine groups is 2. The quantitative estimate of drug-likeness (QED) is 0.267. The minimum Gasteiger partial charge on any atom is -0.480 e. The molecule has 2 heterocycles. The predicted octanol–water partition coefficient (Wildman–Crippen LogP) is 5.94. The summed E-state index contributed by atoms with van der Waals surface area (Å²) in [7, 11) is 1.65. The first-order chi connectivity index (χ1) is 19.1. The maximum absolute atomic E-state index is 10.1. The van der Waals surface area contributed by atoms with Crippen LogP contribution in [0.5, 0.6) is 0 Å². The monoisotopic (exact) mass is 556 g/mol. The molecule has 3 aromatic rings. The second-order valence-corrected chi connectivity index (χ2v) is 12.1. The summed E-state index contributed by atoms with van der Waals surface area (Å²) < 4.78 is 5.90. The first-order valence-corrected chi connectivity index (χ1v) is 13.6. The number of nitriles is 2. The van der Waals surface area contributed by atoms with Crippen LogP contribution in [0.1, 0.15) is 63.3 Å². The zero-order chi connectivity index (χ0) is 28.7. The lowest BCUT2D eigenvalue weighted by Crippen LogP contribution is -2.45. The van der Waals surface area contributed by atoms with Gasteiger partial charge in [0.05, 0.1) is 41.0 Å². The Morgan fingerprint density at radius 2 is 1.90 bits per heavy atom. The fourth-order valence-electron chi connectivity index (χ4n) is 4.80. The van der Waals surface area contributed by atoms with Crippen molar-refractivity contribution in [2.75, 3.05) is 24.3 Å². The van der Waals surface area contributed by atoms with Crippen LogP contribution in [0.3, 0.4) is 0 Å². The topological polar surface area (TPSA) is 121 Å². The molecule has 0 spiro atoms. The minimum atomic E-state index is -0.453. The summed E-state index contributed by atoms with van der Waals surface area (Å²) in [6.45, 7) is 9.16. The maximum atomic E-state index is 10.1. The van der Waals surface area contributed by atoms with Gasteiger partial charge in [-0.05, 0) is 48.9 Å². The number of hydrogen-bond acceptors (Lipinski definition) is 9. The number of rotatable bonds is 8. The molecule has 1 aromatic heterocycles. The molecule has 2 aromatic carbocycles. The largest absolute Gasteiger partial charge is 0.480 e. The van der Waals surface area contributed by atoms with Crippen molar-refractivity contribution in [2.24, 2.45) is 5.41 Å². The van der Waals surface area contributed by atoms with Gasteiger partial charge < -0.3 is 20.8 Å². The smallest absolute Gasteiger partial charge is 0.229 e. The summed E-state index contributed by atoms with van der Waals surface area (Å²) in [5.74, 6) is 0.666. The molecule has 1 saturated carbocycles. The van der Waals surface area contributed by atoms with Gasteiger partial charge in [0.15, 0.2) is 0 Å². The van der Waals surface area contributed by atoms with Gasteiger partial charge in [-0.15, -0.1) is 5.53 Å². The number of nitrogens with zero attached hydrogens (tertiary/aromatic N) is 4. The van der Waals surface area contributed by atoms with Crippen molar-refractivity contribution in [3.8, 4) is 12.1 Å². The summed E-state index contributed by atoms with van der Waals surface area (Å²) in [5, 5.41) is 30.3. The van der Waals surface area contributed by atoms with Gasteiger partial charge in [-0.1, -0.05) is 50.6 Å². The number of pyridine rings is 1. The summed E-state index contributed by atoms with van der Waals surface area (Å²) >= 11 is 6.72. The van der Waals surface area contributed by atoms with Crippen LogP contribution in [0.15, 0.2) is 54.2 Å². The van der Waals surface area contributed by atoms with Crippen molar-refractivity contribution >= 4 is 33.9 Å². The van der Waals surface area contributed by atoms with E-state index in [9.17, 15) is 10.5 Å². The van der Waals surface area contributed by atoms with E-state index in [1.807, 2.05) is 35.3 Å². The number of ether oxygens (including phenoxy) is 1. The van der Waals surface area contributed by atoms with Crippen LogP contribution >= 0.6 is 11.6 Å². The lowest BCUT2D eigenvalue weighted by atomic mass is 9.96. The van der Waals surface area contributed by atoms with Crippen LogP contribution in [-0.4, -0.2) is 29.2 Å². The molecule has 0 radical (unpaired) electrons. The van der Waals surface area contributed by atoms with Gasteiger partial charge in [0.2, 0.25) is 5.88 Å². The van der Waals surface area contributed by atoms with Gasteiger partial charge in [0, 0.05) is 28.8 Å². The SMILES string of the molecule is COC1=C([C@@H](Nc2cc(C#N)c3ncc(C#N)c(NCC(C)(C)C)c3c2)c2ccccc2Cl)NNN1C1(C)CC1. The van der Waals surface area contributed by atoms with E-state index in [2.05, 4.69) is 66.4 Å². The Kier molecular flexibility index (Phi) is 7.14. The molecule has 206 valence electrons. The van der Waals surface area contributed by atoms with Gasteiger partial charge in [-0.25, -0.2) is 0 Å². The van der Waals surface area contributed by atoms with E-state index in [-0.39, 0.29) is 11.0 Å². The Bertz CT molecular complexity index is 1580. The zero-order valence-electron chi connectivity index (χ0n) is 23.3. The van der Waals surface area contributed by atoms with E-state index < -0.39 is 6.04 Å². The van der Waals surface area contributed by atoms with Crippen LogP contribution in [-0.2, 0) is 4.74 Å². The Balaban J connectivity index is 1.65. The second kappa shape index (κ2) is 10.4. The normalized spacial score (nSPS) is 16.6. The van der Waals surface area contributed by atoms with Crippen molar-refractivity contribution in [3.63, 3.8) is 0 Å². The molecule has 1 fully saturated rings. The van der Waals surface area contributed by atoms with E-state index in [1.54, 1.807) is 13.2 Å². The zero-order valence-corrected chi connectivity index (χ0v) is 24.1. The number of nitrogens with one attached hydrogen (secondary N) is 4. The molecule has 1 atom stereocenters. The average molecular weight is 557 g/mol. The molecule has 0 unspecified atom stereocenters. The summed E-state index contributed by atoms with van der Waals surface area (Å²) in [6.07, 6.45) is 3.60. The van der Waals surface area contributed by atoms with E-state index in [1.165, 1.54) is 6.20 Å². The Hall–Kier alpha value is -4.18. The molecule has 4 N–H and O–H groups in total. The highest BCUT2D eigenvalue weighted by Gasteiger charge is 2.49. The van der Waals surface area contributed by atoms with Crippen molar-refractivity contribution in [2.45, 2.75) is 52.1 Å². The van der Waals surface area contributed by atoms with Gasteiger partial charge >= 0.3 is 0 Å². The van der Waals surface area contributed by atoms with Crippen molar-refractivity contribution in [1.29, 1.82) is 10.5 Å². The lowest BCUT2D eigenvalue weighted by Gasteiger charge is -2.27. The maximum Gasteiger partial charge on any atom is 0.229 e. The van der Waals surface area contributed by atoms with E-state index in [0.29, 0.717) is 50.9 Å². The van der Waals surface area contributed by atoms with Crippen LogP contribution in [0.25, 0.3) is 10.9 Å². The Morgan fingerprint density at radius 3 is 2.52 bits per heavy atom. The van der Waals surface area contributed by atoms with Crippen molar-refractivity contribution in [3.05, 3.63) is 75.9 Å². The van der Waals surface area contributed by atoms with Crippen molar-refractivity contribution in [1.82, 2.24) is 21.0 Å². The summed E-state index contributed by atoms with van der Waals surface area (Å²) in [4.78, 5) is 4.47. The third-order valence-corrected chi connectivity index (χ3v) is 7.61. The fourth-order valence-corrected chi connectivity index (χ4v) is 5.05. The lowest BCUT2D eigenvalue weighted by molar-refractivity contribution is 0.0780. The van der Waals surface area contributed by atoms with Crippen LogP contribution in [0, 0.1) is 28.1 Å². The highest BCUT2D eigenvalue weighted by atomic mass is 35.5. The summed E-state index contributed by atoms with van der Waals surface area (Å²) in [5.41, 5.74) is 10.8. The number of fused-ring (bicyclic) bond motifs is 1. The van der Waals surface area contributed by atoms with Crippen LogP contribution in [0.4, 0.5) is 11.4 Å². The van der Waals surface area contributed by atoms with Gasteiger partial charge in [-0.3, -0.25) is 9.99 Å². The molecule has 5 rings (SSSR count). The standard InChI is InChI=1S/C30H33ClN8O/c1-29(2,3)17-35-25-19(15-33)16-34-24-18(14-32)12-20(13-22(24)25)36-26(21-8-6-7-9-23(21)31)27-28(40-5)39(38-37-27)30(4)10-11-30/h6-9,12-13,16,26,36-38H,10-11,17H2,1-5H3,(H,34,35)/t26-/m0/s1. The molecule has 10 heteroatoms. The highest BCUT2D eigenvalue weighted by molar-refractivity contribution is 6.31. The number of benzene rings is 2. The molecular formula is C30H33ClN8O. The number of methoxy groups -OCH3 is 1. The predicted molar refractivity (Wildman–Crippen MR) is 157 cm³/mol. The third kappa shape index (κ3) is 5.19. The number of anilines is 2. The van der Waals surface area contributed by atoms with Crippen molar-refractivity contribution < 1.29 is 4.74 Å². The number of halogens is 1. The van der Waals surface area contributed by atoms with Gasteiger partial charge in [0.25, 0.3) is 0 Å². The number of aromatic nitrogens is 1. The fraction of sp³-hybridized carbons (Fsp3) is 0.367. The molecule has 1 aliphatic heterocycles. The van der Waals surface area contributed by atoms with E-state index in [0.717, 1.165) is 24.1 Å². The first kappa shape index (κ1) is 27.4. The average Bonchev–Trinajstić information content (AvgIpc) is 3.52. The second-order valence-electron chi connectivity index (χ2n) is 11.7. The van der Waals surface area contributed by atoms with Gasteiger partial charge in [0.1, 0.15) is 17.8 Å². The third-order valence-electron chi connectivity index (χ3n) is 7.27. The Labute approximate surface area is 239 Å². The molecule has 1 aliphatic carbocycles. The van der Waals surface area contributed by atoms with E-state index >= 15 is 0 Å². The van der Waals surface area contributed by atoms with Crippen LogP contribution in [0.2, 0.25) is 5.02 Å². The Morgan fingerprint density at radius 1 is 1.18 bits per heavy atom. The highest BCUT2D eigenvalue weighted by Crippen LogP contribution is 2.45. The molecule has 0 amide bonds. The molecule has 0 bridgehead atoms. The molecular weight excluding hydrogens is 524 g/mol. The van der Waals surface area contributed by atoms with Gasteiger partial charge in [-0.2, -0.15) is 10.5 Å². The minimum absolute atomic E-state index is 0.0281.